The van der Waals surface area contributed by atoms with Gasteiger partial charge in [-0.1, -0.05) is 25.1 Å². The Morgan fingerprint density at radius 3 is 2.83 bits per heavy atom. The van der Waals surface area contributed by atoms with Crippen LogP contribution in [0.2, 0.25) is 0 Å². The molecule has 4 aromatic rings. The van der Waals surface area contributed by atoms with Gasteiger partial charge >= 0.3 is 0 Å². The van der Waals surface area contributed by atoms with Gasteiger partial charge in [0.2, 0.25) is 5.91 Å². The number of nitrogens with one attached hydrogen (secondary N) is 3. The fraction of sp³-hybridized carbons (Fsp3) is 0.182. The number of aromatic amines is 1. The molecule has 3 N–H and O–H groups in total. The Labute approximate surface area is 173 Å². The molecule has 0 saturated carbocycles. The molecule has 152 valence electrons. The van der Waals surface area contributed by atoms with E-state index in [0.29, 0.717) is 18.5 Å². The smallest absolute Gasteiger partial charge is 0.251 e. The van der Waals surface area contributed by atoms with E-state index in [2.05, 4.69) is 25.9 Å². The maximum atomic E-state index is 12.7. The summed E-state index contributed by atoms with van der Waals surface area (Å²) in [6.07, 6.45) is 5.70. The van der Waals surface area contributed by atoms with Gasteiger partial charge in [0.25, 0.3) is 5.91 Å². The SMILES string of the molecule is CC[C@@H](NC(=O)c1ccc2[nH]ncc2c1)C(=O)NCc1ccccc1-n1cccn1. The summed E-state index contributed by atoms with van der Waals surface area (Å²) in [5.74, 6) is -0.525. The topological polar surface area (TPSA) is 105 Å². The van der Waals surface area contributed by atoms with Crippen LogP contribution in [0.4, 0.5) is 0 Å². The first-order valence-electron chi connectivity index (χ1n) is 9.75. The van der Waals surface area contributed by atoms with E-state index in [1.54, 1.807) is 35.3 Å². The first kappa shape index (κ1) is 19.4. The van der Waals surface area contributed by atoms with Crippen molar-refractivity contribution in [1.82, 2.24) is 30.6 Å². The van der Waals surface area contributed by atoms with Gasteiger partial charge in [-0.3, -0.25) is 14.7 Å². The van der Waals surface area contributed by atoms with Gasteiger partial charge in [0.1, 0.15) is 6.04 Å². The zero-order valence-corrected chi connectivity index (χ0v) is 16.5. The number of aromatic nitrogens is 4. The Morgan fingerprint density at radius 2 is 2.03 bits per heavy atom. The normalized spacial score (nSPS) is 11.9. The van der Waals surface area contributed by atoms with Crippen molar-refractivity contribution in [3.63, 3.8) is 0 Å². The monoisotopic (exact) mass is 402 g/mol. The van der Waals surface area contributed by atoms with Crippen molar-refractivity contribution in [1.29, 1.82) is 0 Å². The van der Waals surface area contributed by atoms with Crippen molar-refractivity contribution in [3.8, 4) is 5.69 Å². The van der Waals surface area contributed by atoms with Crippen LogP contribution in [0.5, 0.6) is 0 Å². The molecule has 4 rings (SSSR count). The van der Waals surface area contributed by atoms with Crippen LogP contribution in [-0.4, -0.2) is 37.8 Å². The molecule has 0 aliphatic rings. The zero-order chi connectivity index (χ0) is 20.9. The molecule has 0 unspecified atom stereocenters. The number of hydrogen-bond donors (Lipinski definition) is 3. The van der Waals surface area contributed by atoms with Crippen LogP contribution in [-0.2, 0) is 11.3 Å². The fourth-order valence-electron chi connectivity index (χ4n) is 3.28. The van der Waals surface area contributed by atoms with Gasteiger partial charge in [-0.2, -0.15) is 10.2 Å². The number of nitrogens with zero attached hydrogens (tertiary/aromatic N) is 3. The molecule has 2 amide bonds. The Bertz CT molecular complexity index is 1170. The minimum absolute atomic E-state index is 0.231. The standard InChI is InChI=1S/C22H22N6O2/c1-2-18(26-21(29)15-8-9-19-17(12-15)14-24-27-19)22(30)23-13-16-6-3-4-7-20(16)28-11-5-10-25-28/h3-12,14,18H,2,13H2,1H3,(H,23,30)(H,24,27)(H,26,29)/t18-/m1/s1. The van der Waals surface area contributed by atoms with E-state index in [4.69, 9.17) is 0 Å². The fourth-order valence-corrected chi connectivity index (χ4v) is 3.28. The molecule has 8 nitrogen and oxygen atoms in total. The van der Waals surface area contributed by atoms with Crippen molar-refractivity contribution >= 4 is 22.7 Å². The largest absolute Gasteiger partial charge is 0.350 e. The lowest BCUT2D eigenvalue weighted by molar-refractivity contribution is -0.123. The van der Waals surface area contributed by atoms with Crippen LogP contribution in [0.3, 0.4) is 0 Å². The molecule has 1 atom stereocenters. The van der Waals surface area contributed by atoms with E-state index in [9.17, 15) is 9.59 Å². The Hall–Kier alpha value is -3.94. The second-order valence-corrected chi connectivity index (χ2v) is 6.90. The summed E-state index contributed by atoms with van der Waals surface area (Å²) >= 11 is 0. The van der Waals surface area contributed by atoms with E-state index in [1.807, 2.05) is 43.5 Å². The summed E-state index contributed by atoms with van der Waals surface area (Å²) in [5.41, 5.74) is 3.17. The van der Waals surface area contributed by atoms with Gasteiger partial charge in [-0.05, 0) is 42.3 Å². The molecular formula is C22H22N6O2. The summed E-state index contributed by atoms with van der Waals surface area (Å²) in [6.45, 7) is 2.20. The highest BCUT2D eigenvalue weighted by molar-refractivity contribution is 6.00. The molecule has 30 heavy (non-hydrogen) atoms. The average molecular weight is 402 g/mol. The molecule has 0 aliphatic heterocycles. The Morgan fingerprint density at radius 1 is 1.17 bits per heavy atom. The van der Waals surface area contributed by atoms with Gasteiger partial charge in [0.05, 0.1) is 17.4 Å². The summed E-state index contributed by atoms with van der Waals surface area (Å²) in [6, 6.07) is 14.2. The molecule has 0 fully saturated rings. The lowest BCUT2D eigenvalue weighted by Crippen LogP contribution is -2.46. The number of para-hydroxylation sites is 1. The maximum absolute atomic E-state index is 12.7. The number of amides is 2. The first-order chi connectivity index (χ1) is 14.7. The van der Waals surface area contributed by atoms with Crippen molar-refractivity contribution in [2.45, 2.75) is 25.9 Å². The van der Waals surface area contributed by atoms with E-state index < -0.39 is 6.04 Å². The lowest BCUT2D eigenvalue weighted by atomic mass is 10.1. The van der Waals surface area contributed by atoms with E-state index in [1.165, 1.54) is 0 Å². The third-order valence-electron chi connectivity index (χ3n) is 4.93. The van der Waals surface area contributed by atoms with Gasteiger partial charge in [0, 0.05) is 29.9 Å². The van der Waals surface area contributed by atoms with Crippen molar-refractivity contribution < 1.29 is 9.59 Å². The first-order valence-corrected chi connectivity index (χ1v) is 9.75. The molecule has 0 saturated heterocycles. The molecule has 2 aromatic heterocycles. The minimum Gasteiger partial charge on any atom is -0.350 e. The van der Waals surface area contributed by atoms with Crippen LogP contribution in [0.15, 0.2) is 67.1 Å². The highest BCUT2D eigenvalue weighted by Crippen LogP contribution is 2.14. The van der Waals surface area contributed by atoms with Gasteiger partial charge in [-0.15, -0.1) is 0 Å². The van der Waals surface area contributed by atoms with Crippen LogP contribution in [0, 0.1) is 0 Å². The van der Waals surface area contributed by atoms with Crippen LogP contribution in [0.25, 0.3) is 16.6 Å². The second-order valence-electron chi connectivity index (χ2n) is 6.90. The zero-order valence-electron chi connectivity index (χ0n) is 16.5. The van der Waals surface area contributed by atoms with Gasteiger partial charge in [-0.25, -0.2) is 4.68 Å². The highest BCUT2D eigenvalue weighted by atomic mass is 16.2. The third kappa shape index (κ3) is 4.07. The maximum Gasteiger partial charge on any atom is 0.251 e. The van der Waals surface area contributed by atoms with E-state index in [-0.39, 0.29) is 11.8 Å². The molecule has 2 heterocycles. The summed E-state index contributed by atoms with van der Waals surface area (Å²) in [5, 5.41) is 17.7. The van der Waals surface area contributed by atoms with Crippen LogP contribution in [0.1, 0.15) is 29.3 Å². The quantitative estimate of drug-likeness (QED) is 0.442. The van der Waals surface area contributed by atoms with Crippen LogP contribution < -0.4 is 10.6 Å². The number of fused-ring (bicyclic) bond motifs is 1. The highest BCUT2D eigenvalue weighted by Gasteiger charge is 2.20. The van der Waals surface area contributed by atoms with Crippen molar-refractivity contribution in [2.24, 2.45) is 0 Å². The van der Waals surface area contributed by atoms with Gasteiger partial charge < -0.3 is 10.6 Å². The molecule has 8 heteroatoms. The lowest BCUT2D eigenvalue weighted by Gasteiger charge is -2.18. The number of H-pyrrole nitrogens is 1. The van der Waals surface area contributed by atoms with Crippen LogP contribution >= 0.6 is 0 Å². The van der Waals surface area contributed by atoms with E-state index in [0.717, 1.165) is 22.2 Å². The molecular weight excluding hydrogens is 380 g/mol. The molecule has 0 spiro atoms. The molecule has 0 radical (unpaired) electrons. The summed E-state index contributed by atoms with van der Waals surface area (Å²) in [7, 11) is 0. The van der Waals surface area contributed by atoms with E-state index >= 15 is 0 Å². The minimum atomic E-state index is -0.630. The second kappa shape index (κ2) is 8.60. The predicted molar refractivity (Wildman–Crippen MR) is 113 cm³/mol. The Balaban J connectivity index is 1.41. The molecule has 0 bridgehead atoms. The molecule has 2 aromatic carbocycles. The third-order valence-corrected chi connectivity index (χ3v) is 4.93. The number of carbonyl (C=O) groups is 2. The van der Waals surface area contributed by atoms with Gasteiger partial charge in [0.15, 0.2) is 0 Å². The number of carbonyl (C=O) groups excluding carboxylic acids is 2. The summed E-state index contributed by atoms with van der Waals surface area (Å²) in [4.78, 5) is 25.4. The van der Waals surface area contributed by atoms with Crippen molar-refractivity contribution in [3.05, 3.63) is 78.2 Å². The van der Waals surface area contributed by atoms with Crippen molar-refractivity contribution in [2.75, 3.05) is 0 Å². The number of rotatable bonds is 7. The number of hydrogen-bond acceptors (Lipinski definition) is 4. The average Bonchev–Trinajstić information content (AvgIpc) is 3.47. The summed E-state index contributed by atoms with van der Waals surface area (Å²) < 4.78 is 1.76. The predicted octanol–water partition coefficient (Wildman–Crippen LogP) is 2.57. The number of benzene rings is 2. The molecule has 0 aliphatic carbocycles. The Kier molecular flexibility index (Phi) is 5.56.